The number of carbonyl (C=O) groups is 7. The van der Waals surface area contributed by atoms with E-state index in [1.54, 1.807) is 20.8 Å². The van der Waals surface area contributed by atoms with Crippen LogP contribution in [0.5, 0.6) is 0 Å². The van der Waals surface area contributed by atoms with E-state index >= 15 is 0 Å². The molecule has 334 valence electrons. The van der Waals surface area contributed by atoms with Crippen LogP contribution in [-0.2, 0) is 40.1 Å². The van der Waals surface area contributed by atoms with Gasteiger partial charge < -0.3 is 46.5 Å². The first-order valence-electron chi connectivity index (χ1n) is 20.9. The van der Waals surface area contributed by atoms with E-state index in [4.69, 9.17) is 9.47 Å². The maximum atomic E-state index is 13.9. The second kappa shape index (κ2) is 26.3. The van der Waals surface area contributed by atoms with Crippen LogP contribution in [0.2, 0.25) is 0 Å². The first-order chi connectivity index (χ1) is 27.5. The molecule has 0 saturated heterocycles. The zero-order valence-electron chi connectivity index (χ0n) is 37.1. The summed E-state index contributed by atoms with van der Waals surface area (Å²) in [4.78, 5) is 91.7. The largest absolute Gasteiger partial charge is 0.480 e. The highest BCUT2D eigenvalue weighted by molar-refractivity contribution is 5.95. The molecule has 6 amide bonds. The lowest BCUT2D eigenvalue weighted by Gasteiger charge is -2.29. The number of rotatable bonds is 25. The van der Waals surface area contributed by atoms with Crippen LogP contribution in [0.25, 0.3) is 0 Å². The SMILES string of the molecule is CC(C)C[C@H](NC(=O)OC(C)(C)C)C(=O)N[C@@H](CC(C)C)C(=O)N[C@@H](CC(C)C)C(=O)N[C@@H](CC(C)C)C(=O)N[C@@H](CCCCNC(=O)OCc1ccccc1)C(=O)O. The van der Waals surface area contributed by atoms with Crippen LogP contribution in [-0.4, -0.2) is 89.2 Å². The average Bonchev–Trinajstić information content (AvgIpc) is 3.10. The van der Waals surface area contributed by atoms with Crippen LogP contribution in [0.4, 0.5) is 9.59 Å². The maximum absolute atomic E-state index is 13.9. The number of ether oxygens (including phenoxy) is 2. The second-order valence-electron chi connectivity index (χ2n) is 17.8. The molecule has 0 aliphatic rings. The number of nitrogens with one attached hydrogen (secondary N) is 6. The number of carboxylic acid groups (broad SMARTS) is 1. The standard InChI is InChI=1S/C43H72N6O10/c1-26(2)21-32(36(50)45-31(40(54)55)19-15-16-20-44-41(56)58-25-30-17-13-12-14-18-30)46-37(51)33(22-27(3)4)47-38(52)34(23-28(5)6)48-39(53)35(24-29(7)8)49-42(57)59-43(9,10)11/h12-14,17-18,26-29,31-35H,15-16,19-25H2,1-11H3,(H,44,56)(H,45,50)(H,46,51)(H,47,52)(H,48,53)(H,49,57)(H,54,55)/t31-,32-,33-,34-,35-/m0/s1. The first kappa shape index (κ1) is 52.1. The number of unbranched alkanes of at least 4 members (excludes halogenated alkanes) is 1. The Morgan fingerprint density at radius 2 is 0.949 bits per heavy atom. The van der Waals surface area contributed by atoms with Crippen molar-refractivity contribution in [1.82, 2.24) is 31.9 Å². The molecule has 16 nitrogen and oxygen atoms in total. The van der Waals surface area contributed by atoms with Crippen molar-refractivity contribution in [2.45, 2.75) is 164 Å². The summed E-state index contributed by atoms with van der Waals surface area (Å²) in [6.07, 6.45) is 0.417. The molecule has 59 heavy (non-hydrogen) atoms. The van der Waals surface area contributed by atoms with Crippen molar-refractivity contribution in [3.05, 3.63) is 35.9 Å². The summed E-state index contributed by atoms with van der Waals surface area (Å²) < 4.78 is 10.5. The van der Waals surface area contributed by atoms with E-state index in [0.29, 0.717) is 12.8 Å². The molecule has 0 aromatic heterocycles. The predicted molar refractivity (Wildman–Crippen MR) is 225 cm³/mol. The molecule has 0 unspecified atom stereocenters. The molecular weight excluding hydrogens is 761 g/mol. The number of hydrogen-bond donors (Lipinski definition) is 7. The second-order valence-corrected chi connectivity index (χ2v) is 17.8. The number of benzene rings is 1. The van der Waals surface area contributed by atoms with Crippen molar-refractivity contribution in [1.29, 1.82) is 0 Å². The molecular formula is C43H72N6O10. The molecule has 0 aliphatic carbocycles. The van der Waals surface area contributed by atoms with Gasteiger partial charge in [0, 0.05) is 6.54 Å². The Hall–Kier alpha value is -4.89. The van der Waals surface area contributed by atoms with E-state index in [2.05, 4.69) is 31.9 Å². The van der Waals surface area contributed by atoms with Gasteiger partial charge in [-0.2, -0.15) is 0 Å². The topological polar surface area (TPSA) is 230 Å². The van der Waals surface area contributed by atoms with Crippen molar-refractivity contribution in [3.63, 3.8) is 0 Å². The molecule has 0 spiro atoms. The van der Waals surface area contributed by atoms with Gasteiger partial charge in [-0.15, -0.1) is 0 Å². The average molecular weight is 833 g/mol. The number of aliphatic carboxylic acids is 1. The molecule has 1 aromatic rings. The van der Waals surface area contributed by atoms with E-state index in [1.807, 2.05) is 85.7 Å². The summed E-state index contributed by atoms with van der Waals surface area (Å²) in [5.41, 5.74) is 0.0522. The van der Waals surface area contributed by atoms with E-state index < -0.39 is 77.6 Å². The third kappa shape index (κ3) is 23.3. The Morgan fingerprint density at radius 3 is 1.32 bits per heavy atom. The number of amides is 6. The molecule has 1 rings (SSSR count). The van der Waals surface area contributed by atoms with Crippen molar-refractivity contribution in [2.24, 2.45) is 23.7 Å². The van der Waals surface area contributed by atoms with Crippen molar-refractivity contribution < 1.29 is 48.1 Å². The third-order valence-electron chi connectivity index (χ3n) is 8.75. The predicted octanol–water partition coefficient (Wildman–Crippen LogP) is 5.18. The smallest absolute Gasteiger partial charge is 0.408 e. The highest BCUT2D eigenvalue weighted by Crippen LogP contribution is 2.14. The van der Waals surface area contributed by atoms with Crippen molar-refractivity contribution >= 4 is 41.8 Å². The van der Waals surface area contributed by atoms with Crippen LogP contribution in [0, 0.1) is 23.7 Å². The third-order valence-corrected chi connectivity index (χ3v) is 8.75. The summed E-state index contributed by atoms with van der Waals surface area (Å²) in [6.45, 7) is 20.5. The summed E-state index contributed by atoms with van der Waals surface area (Å²) >= 11 is 0. The number of hydrogen-bond acceptors (Lipinski definition) is 9. The fraction of sp³-hybridized carbons (Fsp3) is 0.698. The monoisotopic (exact) mass is 833 g/mol. The number of carboxylic acids is 1. The summed E-state index contributed by atoms with van der Waals surface area (Å²) in [5, 5.41) is 26.0. The van der Waals surface area contributed by atoms with Crippen molar-refractivity contribution in [3.8, 4) is 0 Å². The van der Waals surface area contributed by atoms with Crippen LogP contribution >= 0.6 is 0 Å². The van der Waals surface area contributed by atoms with Gasteiger partial charge in [0.15, 0.2) is 0 Å². The number of alkyl carbamates (subject to hydrolysis) is 2. The van der Waals surface area contributed by atoms with Gasteiger partial charge in [-0.05, 0) is 95.0 Å². The molecule has 1 aromatic carbocycles. The molecule has 16 heteroatoms. The van der Waals surface area contributed by atoms with Crippen LogP contribution in [0.3, 0.4) is 0 Å². The van der Waals surface area contributed by atoms with Crippen LogP contribution < -0.4 is 31.9 Å². The Balaban J connectivity index is 3.02. The van der Waals surface area contributed by atoms with E-state index in [0.717, 1.165) is 5.56 Å². The van der Waals surface area contributed by atoms with E-state index in [-0.39, 0.29) is 68.9 Å². The fourth-order valence-electron chi connectivity index (χ4n) is 6.05. The number of carbonyl (C=O) groups excluding carboxylic acids is 6. The Bertz CT molecular complexity index is 1500. The Labute approximate surface area is 350 Å². The highest BCUT2D eigenvalue weighted by Gasteiger charge is 2.34. The maximum Gasteiger partial charge on any atom is 0.408 e. The highest BCUT2D eigenvalue weighted by atomic mass is 16.6. The van der Waals surface area contributed by atoms with E-state index in [1.165, 1.54) is 0 Å². The molecule has 0 fully saturated rings. The summed E-state index contributed by atoms with van der Waals surface area (Å²) in [5.74, 6) is -3.90. The zero-order chi connectivity index (χ0) is 44.9. The lowest BCUT2D eigenvalue weighted by molar-refractivity contribution is -0.142. The van der Waals surface area contributed by atoms with Crippen LogP contribution in [0.15, 0.2) is 30.3 Å². The van der Waals surface area contributed by atoms with Gasteiger partial charge in [0.25, 0.3) is 0 Å². The molecule has 0 saturated carbocycles. The van der Waals surface area contributed by atoms with Crippen molar-refractivity contribution in [2.75, 3.05) is 6.54 Å². The van der Waals surface area contributed by atoms with Gasteiger partial charge >= 0.3 is 18.2 Å². The quantitative estimate of drug-likeness (QED) is 0.0638. The molecule has 0 heterocycles. The Morgan fingerprint density at radius 1 is 0.559 bits per heavy atom. The lowest BCUT2D eigenvalue weighted by atomic mass is 9.98. The van der Waals surface area contributed by atoms with Gasteiger partial charge in [-0.3, -0.25) is 19.2 Å². The summed E-state index contributed by atoms with van der Waals surface area (Å²) in [7, 11) is 0. The van der Waals surface area contributed by atoms with Gasteiger partial charge in [-0.25, -0.2) is 14.4 Å². The fourth-order valence-corrected chi connectivity index (χ4v) is 6.05. The Kier molecular flexibility index (Phi) is 23.2. The first-order valence-corrected chi connectivity index (χ1v) is 20.9. The molecule has 0 radical (unpaired) electrons. The van der Waals surface area contributed by atoms with Gasteiger partial charge in [0.05, 0.1) is 0 Å². The minimum absolute atomic E-state index is 0.0178. The molecule has 0 bridgehead atoms. The zero-order valence-corrected chi connectivity index (χ0v) is 37.1. The van der Waals surface area contributed by atoms with E-state index in [9.17, 15) is 38.7 Å². The van der Waals surface area contributed by atoms with Gasteiger partial charge in [-0.1, -0.05) is 85.7 Å². The molecule has 5 atom stereocenters. The lowest BCUT2D eigenvalue weighted by Crippen LogP contribution is -2.59. The minimum atomic E-state index is -1.25. The van der Waals surface area contributed by atoms with Gasteiger partial charge in [0.1, 0.15) is 42.4 Å². The summed E-state index contributed by atoms with van der Waals surface area (Å²) in [6, 6.07) is 3.70. The normalized spacial score (nSPS) is 14.1. The van der Waals surface area contributed by atoms with Gasteiger partial charge in [0.2, 0.25) is 23.6 Å². The molecule has 7 N–H and O–H groups in total. The minimum Gasteiger partial charge on any atom is -0.480 e. The van der Waals surface area contributed by atoms with Crippen LogP contribution in [0.1, 0.15) is 127 Å². The molecule has 0 aliphatic heterocycles.